The van der Waals surface area contributed by atoms with Crippen LogP contribution >= 0.6 is 11.3 Å². The van der Waals surface area contributed by atoms with Crippen LogP contribution in [0.2, 0.25) is 0 Å². The summed E-state index contributed by atoms with van der Waals surface area (Å²) in [6.45, 7) is 2.68. The van der Waals surface area contributed by atoms with E-state index >= 15 is 0 Å². The van der Waals surface area contributed by atoms with Crippen molar-refractivity contribution >= 4 is 22.9 Å². The number of amides is 1. The number of thiophene rings is 1. The summed E-state index contributed by atoms with van der Waals surface area (Å²) in [5, 5.41) is 6.25. The lowest BCUT2D eigenvalue weighted by Crippen LogP contribution is -2.39. The average Bonchev–Trinajstić information content (AvgIpc) is 3.36. The third-order valence-corrected chi connectivity index (χ3v) is 7.37. The molecule has 3 aromatic rings. The van der Waals surface area contributed by atoms with E-state index in [1.807, 2.05) is 10.3 Å². The van der Waals surface area contributed by atoms with Crippen LogP contribution in [-0.4, -0.2) is 38.5 Å². The zero-order valence-corrected chi connectivity index (χ0v) is 18.0. The summed E-state index contributed by atoms with van der Waals surface area (Å²) in [7, 11) is 0. The Bertz CT molecular complexity index is 1150. The van der Waals surface area contributed by atoms with Crippen LogP contribution in [0.5, 0.6) is 0 Å². The largest absolute Gasteiger partial charge is 0.433 e. The van der Waals surface area contributed by atoms with Gasteiger partial charge >= 0.3 is 6.18 Å². The molecule has 0 bridgehead atoms. The van der Waals surface area contributed by atoms with Crippen LogP contribution in [0.25, 0.3) is 5.65 Å². The molecule has 1 aliphatic heterocycles. The zero-order chi connectivity index (χ0) is 21.8. The molecule has 3 aromatic heterocycles. The van der Waals surface area contributed by atoms with Gasteiger partial charge < -0.3 is 4.90 Å². The minimum absolute atomic E-state index is 0.0396. The topological polar surface area (TPSA) is 50.5 Å². The number of fused-ring (bicyclic) bond motifs is 2. The van der Waals surface area contributed by atoms with Crippen molar-refractivity contribution in [3.05, 3.63) is 50.6 Å². The monoisotopic (exact) mass is 448 g/mol. The van der Waals surface area contributed by atoms with Crippen LogP contribution in [0, 0.1) is 6.92 Å². The van der Waals surface area contributed by atoms with Crippen LogP contribution in [0.4, 0.5) is 13.2 Å². The number of hydrogen-bond donors (Lipinski definition) is 0. The first-order chi connectivity index (χ1) is 14.8. The fourth-order valence-corrected chi connectivity index (χ4v) is 5.89. The number of aromatic nitrogens is 3. The maximum absolute atomic E-state index is 13.5. The number of carbonyl (C=O) groups excluding carboxylic acids is 1. The van der Waals surface area contributed by atoms with Crippen molar-refractivity contribution < 1.29 is 18.0 Å². The van der Waals surface area contributed by atoms with Crippen molar-refractivity contribution in [2.24, 2.45) is 0 Å². The maximum atomic E-state index is 13.5. The van der Waals surface area contributed by atoms with Crippen molar-refractivity contribution in [1.82, 2.24) is 19.5 Å². The summed E-state index contributed by atoms with van der Waals surface area (Å²) in [6.07, 6.45) is 1.36. The van der Waals surface area contributed by atoms with Gasteiger partial charge in [0, 0.05) is 41.0 Å². The second-order valence-electron chi connectivity index (χ2n) is 8.47. The number of likely N-dealkylation sites (tertiary alicyclic amines) is 1. The molecule has 0 aromatic carbocycles. The highest BCUT2D eigenvalue weighted by atomic mass is 32.1. The predicted octanol–water partition coefficient (Wildman–Crippen LogP) is 5.02. The van der Waals surface area contributed by atoms with E-state index < -0.39 is 11.9 Å². The third kappa shape index (κ3) is 3.73. The molecule has 1 atom stereocenters. The van der Waals surface area contributed by atoms with Gasteiger partial charge in [0.2, 0.25) is 0 Å². The molecule has 0 saturated carbocycles. The number of hydrogen-bond acceptors (Lipinski definition) is 4. The van der Waals surface area contributed by atoms with E-state index in [9.17, 15) is 18.0 Å². The lowest BCUT2D eigenvalue weighted by molar-refractivity contribution is -0.142. The second-order valence-corrected chi connectivity index (χ2v) is 9.43. The molecule has 0 spiro atoms. The lowest BCUT2D eigenvalue weighted by atomic mass is 9.92. The highest BCUT2D eigenvalue weighted by Crippen LogP contribution is 2.34. The molecule has 9 heteroatoms. The molecule has 1 saturated heterocycles. The lowest BCUT2D eigenvalue weighted by Gasteiger charge is -2.32. The Hall–Kier alpha value is -2.42. The Labute approximate surface area is 181 Å². The normalized spacial score (nSPS) is 19.6. The van der Waals surface area contributed by atoms with Gasteiger partial charge in [0.1, 0.15) is 5.69 Å². The molecule has 5 nitrogen and oxygen atoms in total. The molecule has 0 N–H and O–H groups in total. The first-order valence-corrected chi connectivity index (χ1v) is 11.5. The number of aryl methyl sites for hydroxylation is 2. The van der Waals surface area contributed by atoms with Crippen LogP contribution < -0.4 is 0 Å². The molecule has 0 unspecified atom stereocenters. The molecular weight excluding hydrogens is 425 g/mol. The Morgan fingerprint density at radius 3 is 2.81 bits per heavy atom. The fourth-order valence-electron chi connectivity index (χ4n) is 4.77. The summed E-state index contributed by atoms with van der Waals surface area (Å²) in [6, 6.07) is 2.65. The molecule has 164 valence electrons. The van der Waals surface area contributed by atoms with E-state index in [0.717, 1.165) is 48.2 Å². The molecule has 4 heterocycles. The number of piperidine rings is 1. The standard InChI is InChI=1S/C22H23F3N4OS/c1-13-9-19(22(23,24)25)29-20(26-13)10-17(27-29)14-5-4-8-28(11-14)21(30)16-12-31-18-7-3-2-6-15(16)18/h9-10,12,14H,2-8,11H2,1H3/t14-/m0/s1. The Balaban J connectivity index is 1.42. The van der Waals surface area contributed by atoms with Gasteiger partial charge in [0.05, 0.1) is 11.3 Å². The maximum Gasteiger partial charge on any atom is 0.433 e. The van der Waals surface area contributed by atoms with Gasteiger partial charge in [-0.2, -0.15) is 18.3 Å². The van der Waals surface area contributed by atoms with Crippen LogP contribution in [0.3, 0.4) is 0 Å². The zero-order valence-electron chi connectivity index (χ0n) is 17.2. The van der Waals surface area contributed by atoms with Crippen molar-refractivity contribution in [1.29, 1.82) is 0 Å². The van der Waals surface area contributed by atoms with E-state index in [-0.39, 0.29) is 17.5 Å². The minimum atomic E-state index is -4.51. The van der Waals surface area contributed by atoms with Gasteiger partial charge in [0.25, 0.3) is 5.91 Å². The van der Waals surface area contributed by atoms with Gasteiger partial charge in [0.15, 0.2) is 5.65 Å². The van der Waals surface area contributed by atoms with Gasteiger partial charge in [-0.1, -0.05) is 0 Å². The van der Waals surface area contributed by atoms with Crippen LogP contribution in [-0.2, 0) is 19.0 Å². The predicted molar refractivity (Wildman–Crippen MR) is 112 cm³/mol. The summed E-state index contributed by atoms with van der Waals surface area (Å²) in [5.74, 6) is -0.0620. The average molecular weight is 449 g/mol. The van der Waals surface area contributed by atoms with E-state index in [4.69, 9.17) is 0 Å². The highest BCUT2D eigenvalue weighted by Gasteiger charge is 2.36. The highest BCUT2D eigenvalue weighted by molar-refractivity contribution is 7.10. The quantitative estimate of drug-likeness (QED) is 0.553. The fraction of sp³-hybridized carbons (Fsp3) is 0.500. The Morgan fingerprint density at radius 2 is 2.00 bits per heavy atom. The first kappa shape index (κ1) is 20.5. The van der Waals surface area contributed by atoms with Crippen LogP contribution in [0.15, 0.2) is 17.5 Å². The SMILES string of the molecule is Cc1cc(C(F)(F)F)n2nc([C@H]3CCCN(C(=O)c4csc5c4CCCC5)C3)cc2n1. The molecule has 2 aliphatic rings. The second kappa shape index (κ2) is 7.62. The number of nitrogens with zero attached hydrogens (tertiary/aromatic N) is 4. The Kier molecular flexibility index (Phi) is 5.03. The smallest absolute Gasteiger partial charge is 0.338 e. The van der Waals surface area contributed by atoms with Crippen molar-refractivity contribution in [3.63, 3.8) is 0 Å². The molecule has 1 fully saturated rings. The van der Waals surface area contributed by atoms with E-state index in [2.05, 4.69) is 10.1 Å². The molecule has 1 amide bonds. The van der Waals surface area contributed by atoms with Gasteiger partial charge in [-0.25, -0.2) is 9.50 Å². The Morgan fingerprint density at radius 1 is 1.19 bits per heavy atom. The van der Waals surface area contributed by atoms with Crippen molar-refractivity contribution in [2.75, 3.05) is 13.1 Å². The molecule has 5 rings (SSSR count). The minimum Gasteiger partial charge on any atom is -0.338 e. The molecular formula is C22H23F3N4OS. The summed E-state index contributed by atoms with van der Waals surface area (Å²) in [4.78, 5) is 20.7. The molecule has 0 radical (unpaired) electrons. The number of halogens is 3. The molecule has 1 aliphatic carbocycles. The number of alkyl halides is 3. The summed E-state index contributed by atoms with van der Waals surface area (Å²) < 4.78 is 41.3. The summed E-state index contributed by atoms with van der Waals surface area (Å²) >= 11 is 1.67. The summed E-state index contributed by atoms with van der Waals surface area (Å²) in [5.41, 5.74) is 2.24. The van der Waals surface area contributed by atoms with Crippen molar-refractivity contribution in [2.45, 2.75) is 57.5 Å². The third-order valence-electron chi connectivity index (χ3n) is 6.28. The van der Waals surface area contributed by atoms with Crippen LogP contribution in [0.1, 0.15) is 69.5 Å². The van der Waals surface area contributed by atoms with E-state index in [1.165, 1.54) is 16.9 Å². The van der Waals surface area contributed by atoms with Crippen molar-refractivity contribution in [3.8, 4) is 0 Å². The number of carbonyl (C=O) groups is 1. The van der Waals surface area contributed by atoms with Gasteiger partial charge in [-0.05, 0) is 57.1 Å². The van der Waals surface area contributed by atoms with E-state index in [1.54, 1.807) is 24.3 Å². The van der Waals surface area contributed by atoms with E-state index in [0.29, 0.717) is 24.5 Å². The number of rotatable bonds is 2. The van der Waals surface area contributed by atoms with Gasteiger partial charge in [-0.3, -0.25) is 4.79 Å². The molecule has 31 heavy (non-hydrogen) atoms. The first-order valence-electron chi connectivity index (χ1n) is 10.6. The van der Waals surface area contributed by atoms with Gasteiger partial charge in [-0.15, -0.1) is 11.3 Å².